The van der Waals surface area contributed by atoms with Gasteiger partial charge in [-0.25, -0.2) is 0 Å². The molecule has 0 aromatic carbocycles. The van der Waals surface area contributed by atoms with Crippen LogP contribution in [0.5, 0.6) is 0 Å². The number of aliphatic hydroxyl groups excluding tert-OH is 1. The Morgan fingerprint density at radius 1 is 0.833 bits per heavy atom. The summed E-state index contributed by atoms with van der Waals surface area (Å²) in [7, 11) is 1.23. The van der Waals surface area contributed by atoms with Gasteiger partial charge in [-0.3, -0.25) is 28.8 Å². The molecule has 0 aromatic rings. The predicted octanol–water partition coefficient (Wildman–Crippen LogP) is 8.35. The van der Waals surface area contributed by atoms with E-state index in [2.05, 4.69) is 30.7 Å². The van der Waals surface area contributed by atoms with Crippen LogP contribution in [0.15, 0.2) is 36.0 Å². The fourth-order valence-corrected chi connectivity index (χ4v) is 10.5. The molecule has 3 saturated carbocycles. The Balaban J connectivity index is 0.000000954. The molecule has 4 aliphatic carbocycles. The van der Waals surface area contributed by atoms with Gasteiger partial charge in [-0.2, -0.15) is 0 Å². The Bertz CT molecular complexity index is 1550. The minimum atomic E-state index is -1.76. The number of methoxy groups -OCH3 is 1. The van der Waals surface area contributed by atoms with E-state index in [1.165, 1.54) is 64.9 Å². The number of rotatable bonds is 24. The Hall–Kier alpha value is -3.64. The summed E-state index contributed by atoms with van der Waals surface area (Å²) in [4.78, 5) is 70.6. The van der Waals surface area contributed by atoms with Crippen LogP contribution in [0.3, 0.4) is 0 Å². The van der Waals surface area contributed by atoms with Crippen LogP contribution in [0.1, 0.15) is 163 Å². The van der Waals surface area contributed by atoms with Gasteiger partial charge < -0.3 is 29.5 Å². The standard InChI is InChI=1S/C43H66O8.C5H8O4/c1-5-6-7-8-9-10-11-12-13-14-15-16-17-18-19-26-50-38(47)22-23-39(48)51-30-37(46)43(49)31(2)27-35-34-21-20-32-28-33(44)24-25-41(32,3)40(34)36(45)29-42(35,43)4;1-9-5(8)3-2-4(6)7/h11-12,24-25,28,31,34-36,40,45,49H,5-10,13-23,26-27,29-30H2,1-4H3;2-3H2,1H3,(H,6,7)/b12-11-;/t31-,34+,35+,36+,40-,41+,42+,43+;/m1./s1. The third-order valence-electron chi connectivity index (χ3n) is 13.8. The van der Waals surface area contributed by atoms with Gasteiger partial charge in [0.25, 0.3) is 0 Å². The van der Waals surface area contributed by atoms with E-state index in [9.17, 15) is 39.0 Å². The van der Waals surface area contributed by atoms with Crippen molar-refractivity contribution >= 4 is 35.4 Å². The number of aliphatic hydroxyl groups is 2. The Morgan fingerprint density at radius 2 is 1.42 bits per heavy atom. The van der Waals surface area contributed by atoms with Crippen LogP contribution >= 0.6 is 0 Å². The largest absolute Gasteiger partial charge is 0.481 e. The first-order chi connectivity index (χ1) is 28.5. The summed E-state index contributed by atoms with van der Waals surface area (Å²) in [5, 5.41) is 31.8. The first-order valence-electron chi connectivity index (χ1n) is 22.7. The molecule has 0 aromatic heterocycles. The van der Waals surface area contributed by atoms with Crippen LogP contribution in [-0.4, -0.2) is 82.8 Å². The number of hydrogen-bond acceptors (Lipinski definition) is 11. The summed E-state index contributed by atoms with van der Waals surface area (Å²) >= 11 is 0. The molecule has 0 spiro atoms. The maximum atomic E-state index is 13.7. The number of fused-ring (bicyclic) bond motifs is 5. The number of ether oxygens (including phenoxy) is 3. The Kier molecular flexibility index (Phi) is 20.9. The lowest BCUT2D eigenvalue weighted by Gasteiger charge is -2.59. The van der Waals surface area contributed by atoms with Gasteiger partial charge in [0.05, 0.1) is 45.5 Å². The van der Waals surface area contributed by atoms with Crippen LogP contribution in [-0.2, 0) is 43.0 Å². The number of carboxylic acids is 1. The summed E-state index contributed by atoms with van der Waals surface area (Å²) in [5.74, 6) is -3.63. The number of carboxylic acid groups (broad SMARTS) is 1. The van der Waals surface area contributed by atoms with Crippen molar-refractivity contribution < 1.29 is 58.3 Å². The Morgan fingerprint density at radius 3 is 2.03 bits per heavy atom. The van der Waals surface area contributed by atoms with Crippen molar-refractivity contribution in [1.29, 1.82) is 0 Å². The highest BCUT2D eigenvalue weighted by molar-refractivity contribution is 6.01. The molecule has 0 aliphatic heterocycles. The van der Waals surface area contributed by atoms with E-state index in [0.29, 0.717) is 13.0 Å². The number of carbonyl (C=O) groups excluding carboxylic acids is 5. The van der Waals surface area contributed by atoms with Gasteiger partial charge >= 0.3 is 23.9 Å². The number of allylic oxidation sites excluding steroid dienone is 6. The highest BCUT2D eigenvalue weighted by atomic mass is 16.5. The molecule has 0 amide bonds. The molecule has 0 unspecified atom stereocenters. The first kappa shape index (κ1) is 50.7. The molecule has 0 bridgehead atoms. The second-order valence-corrected chi connectivity index (χ2v) is 18.0. The zero-order valence-corrected chi connectivity index (χ0v) is 37.1. The van der Waals surface area contributed by atoms with E-state index >= 15 is 0 Å². The lowest BCUT2D eigenvalue weighted by molar-refractivity contribution is -0.186. The summed E-state index contributed by atoms with van der Waals surface area (Å²) in [5.41, 5.74) is -2.04. The molecular weight excluding hydrogens is 769 g/mol. The molecule has 8 atom stereocenters. The number of unbranched alkanes of at least 4 members (excludes halogenated alkanes) is 11. The molecule has 60 heavy (non-hydrogen) atoms. The van der Waals surface area contributed by atoms with Crippen molar-refractivity contribution in [3.63, 3.8) is 0 Å². The van der Waals surface area contributed by atoms with Gasteiger partial charge in [0.15, 0.2) is 12.4 Å². The monoisotopic (exact) mass is 843 g/mol. The van der Waals surface area contributed by atoms with Crippen molar-refractivity contribution in [1.82, 2.24) is 0 Å². The SMILES string of the molecule is CCCCCCC/C=C\CCCCCCCCOC(=O)CCC(=O)OCC(=O)[C@@]1(O)[C@H](C)C[C@H]2[C@@H]3CCC4=CC(=O)C=C[C@]4(C)[C@H]3[C@@H](O)C[C@@]21C.COC(=O)CCC(=O)O. The van der Waals surface area contributed by atoms with Gasteiger partial charge in [0, 0.05) is 16.7 Å². The van der Waals surface area contributed by atoms with Crippen molar-refractivity contribution in [2.24, 2.45) is 34.5 Å². The van der Waals surface area contributed by atoms with Gasteiger partial charge in [-0.15, -0.1) is 0 Å². The molecule has 0 saturated heterocycles. The molecule has 3 fully saturated rings. The molecule has 0 radical (unpaired) electrons. The second-order valence-electron chi connectivity index (χ2n) is 18.0. The van der Waals surface area contributed by atoms with Crippen LogP contribution in [0, 0.1) is 34.5 Å². The first-order valence-corrected chi connectivity index (χ1v) is 22.7. The number of carbonyl (C=O) groups is 6. The van der Waals surface area contributed by atoms with E-state index in [1.54, 1.807) is 12.2 Å². The molecule has 3 N–H and O–H groups in total. The summed E-state index contributed by atoms with van der Waals surface area (Å²) < 4.78 is 14.8. The molecule has 12 heteroatoms. The van der Waals surface area contributed by atoms with Gasteiger partial charge in [-0.05, 0) is 87.7 Å². The fraction of sp³-hybridized carbons (Fsp3) is 0.750. The molecule has 4 aliphatic rings. The topological polar surface area (TPSA) is 191 Å². The number of Topliss-reactive ketones (excluding diaryl/α,β-unsaturated/α-hetero) is 1. The van der Waals surface area contributed by atoms with E-state index in [1.807, 2.05) is 19.9 Å². The quantitative estimate of drug-likeness (QED) is 0.0365. The zero-order chi connectivity index (χ0) is 44.3. The van der Waals surface area contributed by atoms with Gasteiger partial charge in [0.2, 0.25) is 5.78 Å². The van der Waals surface area contributed by atoms with Crippen molar-refractivity contribution in [3.05, 3.63) is 36.0 Å². The van der Waals surface area contributed by atoms with Gasteiger partial charge in [0.1, 0.15) is 5.60 Å². The van der Waals surface area contributed by atoms with Crippen LogP contribution < -0.4 is 0 Å². The lowest BCUT2D eigenvalue weighted by Crippen LogP contribution is -2.62. The minimum Gasteiger partial charge on any atom is -0.481 e. The molecule has 0 heterocycles. The number of hydrogen-bond donors (Lipinski definition) is 3. The molecule has 4 rings (SSSR count). The zero-order valence-electron chi connectivity index (χ0n) is 37.1. The maximum absolute atomic E-state index is 13.7. The van der Waals surface area contributed by atoms with Crippen molar-refractivity contribution in [2.75, 3.05) is 20.3 Å². The summed E-state index contributed by atoms with van der Waals surface area (Å²) in [6.07, 6.45) is 26.5. The smallest absolute Gasteiger partial charge is 0.306 e. The van der Waals surface area contributed by atoms with E-state index in [0.717, 1.165) is 44.1 Å². The van der Waals surface area contributed by atoms with E-state index in [4.69, 9.17) is 14.6 Å². The lowest BCUT2D eigenvalue weighted by atomic mass is 9.46. The Labute approximate surface area is 357 Å². The normalized spacial score (nSPS) is 29.0. The minimum absolute atomic E-state index is 0.00770. The average molecular weight is 843 g/mol. The summed E-state index contributed by atoms with van der Waals surface area (Å²) in [6.45, 7) is 7.86. The molecule has 12 nitrogen and oxygen atoms in total. The number of esters is 3. The van der Waals surface area contributed by atoms with E-state index in [-0.39, 0.29) is 61.6 Å². The van der Waals surface area contributed by atoms with Crippen LogP contribution in [0.25, 0.3) is 0 Å². The van der Waals surface area contributed by atoms with E-state index < -0.39 is 58.8 Å². The average Bonchev–Trinajstić information content (AvgIpc) is 3.42. The summed E-state index contributed by atoms with van der Waals surface area (Å²) in [6, 6.07) is 0. The highest BCUT2D eigenvalue weighted by Gasteiger charge is 2.70. The van der Waals surface area contributed by atoms with Crippen LogP contribution in [0.2, 0.25) is 0 Å². The van der Waals surface area contributed by atoms with Gasteiger partial charge in [-0.1, -0.05) is 103 Å². The molecule has 338 valence electrons. The number of ketones is 2. The van der Waals surface area contributed by atoms with Crippen molar-refractivity contribution in [3.8, 4) is 0 Å². The van der Waals surface area contributed by atoms with Crippen molar-refractivity contribution in [2.45, 2.75) is 174 Å². The predicted molar refractivity (Wildman–Crippen MR) is 227 cm³/mol. The fourth-order valence-electron chi connectivity index (χ4n) is 10.5. The van der Waals surface area contributed by atoms with Crippen LogP contribution in [0.4, 0.5) is 0 Å². The molecular formula is C48H74O12. The maximum Gasteiger partial charge on any atom is 0.306 e. The second kappa shape index (κ2) is 24.7. The number of aliphatic carboxylic acids is 1. The third kappa shape index (κ3) is 13.7. The highest BCUT2D eigenvalue weighted by Crippen LogP contribution is 2.68. The third-order valence-corrected chi connectivity index (χ3v) is 13.8.